The molecular formula is C24H22N2. The second-order valence-electron chi connectivity index (χ2n) is 6.83. The van der Waals surface area contributed by atoms with Crippen LogP contribution in [0, 0.1) is 20.8 Å². The van der Waals surface area contributed by atoms with Crippen molar-refractivity contribution in [3.63, 3.8) is 0 Å². The molecule has 0 unspecified atom stereocenters. The van der Waals surface area contributed by atoms with Crippen molar-refractivity contribution in [2.45, 2.75) is 20.8 Å². The van der Waals surface area contributed by atoms with Gasteiger partial charge in [-0.05, 0) is 67.3 Å². The van der Waals surface area contributed by atoms with Gasteiger partial charge in [0.05, 0.1) is 5.52 Å². The molecule has 4 aromatic rings. The first-order chi connectivity index (χ1) is 12.6. The SMILES string of the molecule is Cc1ccc(-c2ccc3nccc(Nc4cccc(C)c4C)c3c2)cc1. The number of anilines is 2. The summed E-state index contributed by atoms with van der Waals surface area (Å²) in [5, 5.41) is 4.73. The summed E-state index contributed by atoms with van der Waals surface area (Å²) in [6.45, 7) is 6.40. The molecule has 0 aliphatic carbocycles. The molecule has 0 fully saturated rings. The van der Waals surface area contributed by atoms with Crippen LogP contribution in [0.25, 0.3) is 22.0 Å². The molecule has 1 N–H and O–H groups in total. The Hall–Kier alpha value is -3.13. The van der Waals surface area contributed by atoms with Crippen molar-refractivity contribution in [3.05, 3.63) is 89.6 Å². The summed E-state index contributed by atoms with van der Waals surface area (Å²) in [5.41, 5.74) is 9.47. The van der Waals surface area contributed by atoms with Gasteiger partial charge in [-0.15, -0.1) is 0 Å². The molecule has 1 aromatic heterocycles. The second kappa shape index (κ2) is 6.64. The first-order valence-corrected chi connectivity index (χ1v) is 8.91. The third-order valence-electron chi connectivity index (χ3n) is 5.00. The fraction of sp³-hybridized carbons (Fsp3) is 0.125. The van der Waals surface area contributed by atoms with E-state index in [2.05, 4.69) is 91.7 Å². The molecule has 0 aliphatic heterocycles. The molecule has 4 rings (SSSR count). The molecule has 0 atom stereocenters. The summed E-state index contributed by atoms with van der Waals surface area (Å²) in [7, 11) is 0. The number of aryl methyl sites for hydroxylation is 2. The normalized spacial score (nSPS) is 10.9. The van der Waals surface area contributed by atoms with Crippen LogP contribution in [0.15, 0.2) is 72.9 Å². The van der Waals surface area contributed by atoms with Crippen LogP contribution in [0.3, 0.4) is 0 Å². The maximum absolute atomic E-state index is 4.53. The third kappa shape index (κ3) is 3.06. The van der Waals surface area contributed by atoms with Gasteiger partial charge in [0.15, 0.2) is 0 Å². The number of nitrogens with zero attached hydrogens (tertiary/aromatic N) is 1. The van der Waals surface area contributed by atoms with E-state index in [0.29, 0.717) is 0 Å². The number of benzene rings is 3. The lowest BCUT2D eigenvalue weighted by molar-refractivity contribution is 1.33. The molecule has 0 radical (unpaired) electrons. The van der Waals surface area contributed by atoms with Crippen LogP contribution in [0.1, 0.15) is 16.7 Å². The van der Waals surface area contributed by atoms with Crippen LogP contribution < -0.4 is 5.32 Å². The Bertz CT molecular complexity index is 1080. The van der Waals surface area contributed by atoms with Crippen molar-refractivity contribution < 1.29 is 0 Å². The fourth-order valence-electron chi connectivity index (χ4n) is 3.21. The van der Waals surface area contributed by atoms with Crippen LogP contribution in [0.2, 0.25) is 0 Å². The van der Waals surface area contributed by atoms with Gasteiger partial charge in [0, 0.05) is 23.0 Å². The van der Waals surface area contributed by atoms with Crippen molar-refractivity contribution in [2.24, 2.45) is 0 Å². The average molecular weight is 338 g/mol. The summed E-state index contributed by atoms with van der Waals surface area (Å²) < 4.78 is 0. The van der Waals surface area contributed by atoms with Gasteiger partial charge < -0.3 is 5.32 Å². The van der Waals surface area contributed by atoms with Crippen LogP contribution in [0.4, 0.5) is 11.4 Å². The van der Waals surface area contributed by atoms with Crippen molar-refractivity contribution in [3.8, 4) is 11.1 Å². The third-order valence-corrected chi connectivity index (χ3v) is 5.00. The Balaban J connectivity index is 1.81. The molecule has 0 saturated carbocycles. The summed E-state index contributed by atoms with van der Waals surface area (Å²) in [6, 6.07) is 23.5. The van der Waals surface area contributed by atoms with Crippen LogP contribution in [-0.2, 0) is 0 Å². The van der Waals surface area contributed by atoms with Crippen LogP contribution in [-0.4, -0.2) is 4.98 Å². The summed E-state index contributed by atoms with van der Waals surface area (Å²) in [5.74, 6) is 0. The van der Waals surface area contributed by atoms with Gasteiger partial charge in [0.2, 0.25) is 0 Å². The van der Waals surface area contributed by atoms with E-state index in [4.69, 9.17) is 0 Å². The Morgan fingerprint density at radius 1 is 0.731 bits per heavy atom. The maximum atomic E-state index is 4.53. The number of hydrogen-bond acceptors (Lipinski definition) is 2. The molecule has 0 aliphatic rings. The predicted molar refractivity (Wildman–Crippen MR) is 111 cm³/mol. The van der Waals surface area contributed by atoms with Gasteiger partial charge >= 0.3 is 0 Å². The van der Waals surface area contributed by atoms with Gasteiger partial charge in [-0.1, -0.05) is 48.0 Å². The highest BCUT2D eigenvalue weighted by atomic mass is 14.9. The summed E-state index contributed by atoms with van der Waals surface area (Å²) in [4.78, 5) is 4.53. The van der Waals surface area contributed by atoms with E-state index in [0.717, 1.165) is 22.3 Å². The lowest BCUT2D eigenvalue weighted by Gasteiger charge is -2.14. The number of hydrogen-bond donors (Lipinski definition) is 1. The van der Waals surface area contributed by atoms with Crippen molar-refractivity contribution >= 4 is 22.3 Å². The monoisotopic (exact) mass is 338 g/mol. The minimum atomic E-state index is 0.996. The number of aromatic nitrogens is 1. The lowest BCUT2D eigenvalue weighted by Crippen LogP contribution is -1.96. The summed E-state index contributed by atoms with van der Waals surface area (Å²) >= 11 is 0. The topological polar surface area (TPSA) is 24.9 Å². The molecule has 2 nitrogen and oxygen atoms in total. The van der Waals surface area contributed by atoms with Crippen molar-refractivity contribution in [1.82, 2.24) is 4.98 Å². The standard InChI is InChI=1S/C24H22N2/c1-16-7-9-19(10-8-16)20-11-12-23-21(15-20)24(13-14-25-23)26-22-6-4-5-17(2)18(22)3/h4-15H,1-3H3,(H,25,26). The van der Waals surface area contributed by atoms with E-state index < -0.39 is 0 Å². The van der Waals surface area contributed by atoms with E-state index in [1.807, 2.05) is 12.3 Å². The zero-order chi connectivity index (χ0) is 18.1. The first kappa shape index (κ1) is 16.3. The average Bonchev–Trinajstić information content (AvgIpc) is 2.66. The highest BCUT2D eigenvalue weighted by molar-refractivity contribution is 5.96. The highest BCUT2D eigenvalue weighted by Crippen LogP contribution is 2.31. The molecule has 0 amide bonds. The molecule has 0 spiro atoms. The maximum Gasteiger partial charge on any atom is 0.0723 e. The van der Waals surface area contributed by atoms with Gasteiger partial charge in [-0.25, -0.2) is 0 Å². The zero-order valence-corrected chi connectivity index (χ0v) is 15.4. The number of fused-ring (bicyclic) bond motifs is 1. The Morgan fingerprint density at radius 3 is 2.31 bits per heavy atom. The fourth-order valence-corrected chi connectivity index (χ4v) is 3.21. The Kier molecular flexibility index (Phi) is 4.18. The Labute approximate surface area is 154 Å². The summed E-state index contributed by atoms with van der Waals surface area (Å²) in [6.07, 6.45) is 1.86. The zero-order valence-electron chi connectivity index (χ0n) is 15.4. The number of rotatable bonds is 3. The van der Waals surface area contributed by atoms with Gasteiger partial charge in [0.25, 0.3) is 0 Å². The molecule has 3 aromatic carbocycles. The van der Waals surface area contributed by atoms with Crippen LogP contribution in [0.5, 0.6) is 0 Å². The number of nitrogens with one attached hydrogen (secondary N) is 1. The minimum Gasteiger partial charge on any atom is -0.355 e. The Morgan fingerprint density at radius 2 is 1.50 bits per heavy atom. The van der Waals surface area contributed by atoms with Crippen molar-refractivity contribution in [1.29, 1.82) is 0 Å². The van der Waals surface area contributed by atoms with E-state index >= 15 is 0 Å². The van der Waals surface area contributed by atoms with Gasteiger partial charge in [0.1, 0.15) is 0 Å². The lowest BCUT2D eigenvalue weighted by atomic mass is 10.0. The van der Waals surface area contributed by atoms with Gasteiger partial charge in [-0.2, -0.15) is 0 Å². The van der Waals surface area contributed by atoms with Crippen LogP contribution >= 0.6 is 0 Å². The molecule has 0 saturated heterocycles. The molecule has 128 valence electrons. The molecule has 1 heterocycles. The molecular weight excluding hydrogens is 316 g/mol. The quantitative estimate of drug-likeness (QED) is 0.457. The van der Waals surface area contributed by atoms with Crippen molar-refractivity contribution in [2.75, 3.05) is 5.32 Å². The van der Waals surface area contributed by atoms with Gasteiger partial charge in [-0.3, -0.25) is 4.98 Å². The largest absolute Gasteiger partial charge is 0.355 e. The molecule has 2 heteroatoms. The van der Waals surface area contributed by atoms with E-state index in [1.165, 1.54) is 27.8 Å². The van der Waals surface area contributed by atoms with E-state index in [1.54, 1.807) is 0 Å². The molecule has 26 heavy (non-hydrogen) atoms. The van der Waals surface area contributed by atoms with E-state index in [9.17, 15) is 0 Å². The molecule has 0 bridgehead atoms. The highest BCUT2D eigenvalue weighted by Gasteiger charge is 2.07. The number of pyridine rings is 1. The second-order valence-corrected chi connectivity index (χ2v) is 6.83. The first-order valence-electron chi connectivity index (χ1n) is 8.91. The van der Waals surface area contributed by atoms with E-state index in [-0.39, 0.29) is 0 Å². The minimum absolute atomic E-state index is 0.996. The smallest absolute Gasteiger partial charge is 0.0723 e. The predicted octanol–water partition coefficient (Wildman–Crippen LogP) is 6.57.